The van der Waals surface area contributed by atoms with E-state index in [9.17, 15) is 9.59 Å². The highest BCUT2D eigenvalue weighted by molar-refractivity contribution is 5.75. The number of carbonyl (C=O) groups is 1. The summed E-state index contributed by atoms with van der Waals surface area (Å²) in [6, 6.07) is 1.66. The van der Waals surface area contributed by atoms with E-state index in [1.807, 2.05) is 0 Å². The Morgan fingerprint density at radius 3 is 2.91 bits per heavy atom. The summed E-state index contributed by atoms with van der Waals surface area (Å²) in [6.45, 7) is 0.743. The standard InChI is InChI=1S/C18H23N3O2/c22-17(19-10-15-8-12-5-6-13(15)7-12)11-21-18(23)9-14-3-1-2-4-16(14)20-21/h5-6,9,12-13,15H,1-4,7-8,10-11H2,(H,19,22)/t12-,13+,15-/m1/s1. The molecule has 1 N–H and O–H groups in total. The summed E-state index contributed by atoms with van der Waals surface area (Å²) in [6.07, 6.45) is 11.1. The number of hydrogen-bond donors (Lipinski definition) is 1. The Hall–Kier alpha value is -1.91. The van der Waals surface area contributed by atoms with Crippen LogP contribution in [0.3, 0.4) is 0 Å². The molecule has 5 nitrogen and oxygen atoms in total. The van der Waals surface area contributed by atoms with Gasteiger partial charge in [0.1, 0.15) is 6.54 Å². The van der Waals surface area contributed by atoms with Gasteiger partial charge in [0.15, 0.2) is 0 Å². The molecule has 2 bridgehead atoms. The molecule has 1 heterocycles. The fourth-order valence-electron chi connectivity index (χ4n) is 4.28. The van der Waals surface area contributed by atoms with Gasteiger partial charge in [-0.05, 0) is 61.8 Å². The lowest BCUT2D eigenvalue weighted by Crippen LogP contribution is -2.37. The molecule has 3 aliphatic rings. The van der Waals surface area contributed by atoms with Crippen molar-refractivity contribution in [1.29, 1.82) is 0 Å². The number of nitrogens with one attached hydrogen (secondary N) is 1. The molecule has 1 aromatic heterocycles. The maximum Gasteiger partial charge on any atom is 0.267 e. The van der Waals surface area contributed by atoms with Crippen LogP contribution in [0.5, 0.6) is 0 Å². The maximum absolute atomic E-state index is 12.2. The van der Waals surface area contributed by atoms with Gasteiger partial charge >= 0.3 is 0 Å². The van der Waals surface area contributed by atoms with E-state index < -0.39 is 0 Å². The van der Waals surface area contributed by atoms with Crippen LogP contribution in [0, 0.1) is 17.8 Å². The number of nitrogens with zero attached hydrogens (tertiary/aromatic N) is 2. The van der Waals surface area contributed by atoms with Crippen LogP contribution in [0.15, 0.2) is 23.0 Å². The van der Waals surface area contributed by atoms with Gasteiger partial charge in [-0.1, -0.05) is 12.2 Å². The molecule has 0 aliphatic heterocycles. The molecule has 0 radical (unpaired) electrons. The Kier molecular flexibility index (Phi) is 3.79. The number of amides is 1. The molecule has 5 heteroatoms. The van der Waals surface area contributed by atoms with Gasteiger partial charge < -0.3 is 5.32 Å². The van der Waals surface area contributed by atoms with Crippen molar-refractivity contribution in [3.8, 4) is 0 Å². The molecular weight excluding hydrogens is 290 g/mol. The lowest BCUT2D eigenvalue weighted by Gasteiger charge is -2.19. The van der Waals surface area contributed by atoms with Crippen LogP contribution in [0.25, 0.3) is 0 Å². The Balaban J connectivity index is 1.37. The Labute approximate surface area is 135 Å². The number of aryl methyl sites for hydroxylation is 2. The highest BCUT2D eigenvalue weighted by Gasteiger charge is 2.35. The maximum atomic E-state index is 12.2. The first-order valence-corrected chi connectivity index (χ1v) is 8.74. The third-order valence-corrected chi connectivity index (χ3v) is 5.55. The van der Waals surface area contributed by atoms with E-state index in [0.717, 1.165) is 36.9 Å². The molecule has 0 unspecified atom stereocenters. The van der Waals surface area contributed by atoms with Gasteiger partial charge in [-0.25, -0.2) is 4.68 Å². The molecule has 4 rings (SSSR count). The SMILES string of the molecule is O=C(Cn1nc2c(cc1=O)CCCC2)NC[C@H]1C[C@@H]2C=C[C@H]1C2. The van der Waals surface area contributed by atoms with Crippen LogP contribution in [0.1, 0.15) is 36.9 Å². The molecular formula is C18H23N3O2. The predicted octanol–water partition coefficient (Wildman–Crippen LogP) is 1.45. The fourth-order valence-corrected chi connectivity index (χ4v) is 4.28. The third kappa shape index (κ3) is 2.96. The molecule has 1 aromatic rings. The number of allylic oxidation sites excluding steroid dienone is 2. The van der Waals surface area contributed by atoms with Crippen LogP contribution < -0.4 is 10.9 Å². The number of aromatic nitrogens is 2. The van der Waals surface area contributed by atoms with Crippen LogP contribution in [0.2, 0.25) is 0 Å². The van der Waals surface area contributed by atoms with Gasteiger partial charge in [0.05, 0.1) is 5.69 Å². The second kappa shape index (κ2) is 5.95. The minimum Gasteiger partial charge on any atom is -0.354 e. The molecule has 0 saturated heterocycles. The molecule has 122 valence electrons. The van der Waals surface area contributed by atoms with Crippen molar-refractivity contribution in [3.63, 3.8) is 0 Å². The van der Waals surface area contributed by atoms with Crippen LogP contribution >= 0.6 is 0 Å². The monoisotopic (exact) mass is 313 g/mol. The summed E-state index contributed by atoms with van der Waals surface area (Å²) in [5.41, 5.74) is 1.89. The molecule has 0 spiro atoms. The van der Waals surface area contributed by atoms with Gasteiger partial charge in [0.2, 0.25) is 5.91 Å². The van der Waals surface area contributed by atoms with Gasteiger partial charge in [0.25, 0.3) is 5.56 Å². The predicted molar refractivity (Wildman–Crippen MR) is 87.0 cm³/mol. The lowest BCUT2D eigenvalue weighted by molar-refractivity contribution is -0.122. The first kappa shape index (κ1) is 14.7. The third-order valence-electron chi connectivity index (χ3n) is 5.55. The zero-order valence-corrected chi connectivity index (χ0v) is 13.3. The first-order chi connectivity index (χ1) is 11.2. The summed E-state index contributed by atoms with van der Waals surface area (Å²) in [5.74, 6) is 1.79. The van der Waals surface area contributed by atoms with E-state index in [4.69, 9.17) is 0 Å². The summed E-state index contributed by atoms with van der Waals surface area (Å²) >= 11 is 0. The largest absolute Gasteiger partial charge is 0.354 e. The highest BCUT2D eigenvalue weighted by atomic mass is 16.2. The summed E-state index contributed by atoms with van der Waals surface area (Å²) in [7, 11) is 0. The van der Waals surface area contributed by atoms with Crippen molar-refractivity contribution in [2.45, 2.75) is 45.1 Å². The Morgan fingerprint density at radius 2 is 2.13 bits per heavy atom. The molecule has 23 heavy (non-hydrogen) atoms. The minimum atomic E-state index is -0.163. The molecule has 3 aliphatic carbocycles. The summed E-state index contributed by atoms with van der Waals surface area (Å²) < 4.78 is 1.32. The quantitative estimate of drug-likeness (QED) is 0.856. The number of carbonyl (C=O) groups excluding carboxylic acids is 1. The van der Waals surface area contributed by atoms with Crippen LogP contribution in [-0.2, 0) is 24.2 Å². The zero-order chi connectivity index (χ0) is 15.8. The molecule has 1 fully saturated rings. The molecule has 0 aromatic carbocycles. The highest BCUT2D eigenvalue weighted by Crippen LogP contribution is 2.42. The topological polar surface area (TPSA) is 64.0 Å². The Morgan fingerprint density at radius 1 is 1.26 bits per heavy atom. The average Bonchev–Trinajstić information content (AvgIpc) is 3.16. The summed E-state index contributed by atoms with van der Waals surface area (Å²) in [5, 5.41) is 7.40. The molecule has 3 atom stereocenters. The van der Waals surface area contributed by atoms with Crippen molar-refractivity contribution < 1.29 is 4.79 Å². The van der Waals surface area contributed by atoms with Gasteiger partial charge in [-0.3, -0.25) is 9.59 Å². The fraction of sp³-hybridized carbons (Fsp3) is 0.611. The summed E-state index contributed by atoms with van der Waals surface area (Å²) in [4.78, 5) is 24.3. The average molecular weight is 313 g/mol. The minimum absolute atomic E-state index is 0.0305. The van der Waals surface area contributed by atoms with E-state index in [1.165, 1.54) is 17.5 Å². The zero-order valence-electron chi connectivity index (χ0n) is 13.3. The molecule has 1 saturated carbocycles. The smallest absolute Gasteiger partial charge is 0.267 e. The van der Waals surface area contributed by atoms with E-state index in [0.29, 0.717) is 24.3 Å². The van der Waals surface area contributed by atoms with E-state index in [-0.39, 0.29) is 18.0 Å². The van der Waals surface area contributed by atoms with Gasteiger partial charge in [0, 0.05) is 12.6 Å². The van der Waals surface area contributed by atoms with E-state index in [2.05, 4.69) is 22.6 Å². The van der Waals surface area contributed by atoms with Crippen molar-refractivity contribution >= 4 is 5.91 Å². The van der Waals surface area contributed by atoms with E-state index >= 15 is 0 Å². The van der Waals surface area contributed by atoms with Crippen molar-refractivity contribution in [1.82, 2.24) is 15.1 Å². The normalized spacial score (nSPS) is 27.9. The first-order valence-electron chi connectivity index (χ1n) is 8.74. The van der Waals surface area contributed by atoms with E-state index in [1.54, 1.807) is 6.07 Å². The van der Waals surface area contributed by atoms with Crippen LogP contribution in [0.4, 0.5) is 0 Å². The second-order valence-electron chi connectivity index (χ2n) is 7.16. The van der Waals surface area contributed by atoms with Crippen molar-refractivity contribution in [2.24, 2.45) is 17.8 Å². The van der Waals surface area contributed by atoms with Gasteiger partial charge in [-0.15, -0.1) is 0 Å². The lowest BCUT2D eigenvalue weighted by atomic mass is 9.94. The Bertz CT molecular complexity index is 707. The number of hydrogen-bond acceptors (Lipinski definition) is 3. The number of fused-ring (bicyclic) bond motifs is 3. The number of rotatable bonds is 4. The van der Waals surface area contributed by atoms with Crippen molar-refractivity contribution in [2.75, 3.05) is 6.54 Å². The van der Waals surface area contributed by atoms with Crippen molar-refractivity contribution in [3.05, 3.63) is 39.8 Å². The molecule has 1 amide bonds. The van der Waals surface area contributed by atoms with Crippen LogP contribution in [-0.4, -0.2) is 22.2 Å². The van der Waals surface area contributed by atoms with Gasteiger partial charge in [-0.2, -0.15) is 5.10 Å². The second-order valence-corrected chi connectivity index (χ2v) is 7.16.